The summed E-state index contributed by atoms with van der Waals surface area (Å²) in [7, 11) is 0. The number of carbonyl (C=O) groups is 1. The second-order valence-corrected chi connectivity index (χ2v) is 4.12. The molecule has 0 fully saturated rings. The Morgan fingerprint density at radius 3 is 2.38 bits per heavy atom. The number of benzene rings is 1. The molecule has 3 nitrogen and oxygen atoms in total. The molecule has 0 aliphatic rings. The van der Waals surface area contributed by atoms with Crippen LogP contribution < -0.4 is 11.1 Å². The first-order valence-electron chi connectivity index (χ1n) is 5.28. The topological polar surface area (TPSA) is 55.1 Å². The van der Waals surface area contributed by atoms with E-state index in [4.69, 9.17) is 5.73 Å². The fraction of sp³-hybridized carbons (Fsp3) is 0.417. The van der Waals surface area contributed by atoms with Crippen LogP contribution in [0.4, 0.5) is 4.39 Å². The van der Waals surface area contributed by atoms with Gasteiger partial charge in [0.1, 0.15) is 5.82 Å². The maximum Gasteiger partial charge on any atom is 0.231 e. The number of nitrogens with two attached hydrogens (primary N) is 1. The highest BCUT2D eigenvalue weighted by atomic mass is 19.1. The summed E-state index contributed by atoms with van der Waals surface area (Å²) in [5, 5.41) is 3.06. The average Bonchev–Trinajstić information content (AvgIpc) is 2.20. The van der Waals surface area contributed by atoms with E-state index in [9.17, 15) is 9.18 Å². The van der Waals surface area contributed by atoms with E-state index in [0.717, 1.165) is 5.56 Å². The highest BCUT2D eigenvalue weighted by Gasteiger charge is 2.15. The monoisotopic (exact) mass is 224 g/mol. The first-order valence-corrected chi connectivity index (χ1v) is 5.28. The van der Waals surface area contributed by atoms with Gasteiger partial charge in [0.25, 0.3) is 0 Å². The largest absolute Gasteiger partial charge is 0.369 e. The summed E-state index contributed by atoms with van der Waals surface area (Å²) in [6.07, 6.45) is 0. The highest BCUT2D eigenvalue weighted by Crippen LogP contribution is 2.21. The van der Waals surface area contributed by atoms with Crippen LogP contribution in [0.15, 0.2) is 24.3 Å². The molecule has 16 heavy (non-hydrogen) atoms. The van der Waals surface area contributed by atoms with Crippen LogP contribution in [0.3, 0.4) is 0 Å². The lowest BCUT2D eigenvalue weighted by atomic mass is 9.96. The standard InChI is InChI=1S/C12H17FN2O/c1-8(2)12(15-7-11(14)16)9-3-5-10(13)6-4-9/h3-6,8,12,15H,7H2,1-2H3,(H2,14,16)/t12-/m0/s1. The Bertz CT molecular complexity index is 349. The molecule has 0 aliphatic carbocycles. The van der Waals surface area contributed by atoms with E-state index in [0.29, 0.717) is 5.92 Å². The lowest BCUT2D eigenvalue weighted by Crippen LogP contribution is -2.34. The van der Waals surface area contributed by atoms with Gasteiger partial charge in [-0.05, 0) is 23.6 Å². The number of halogens is 1. The molecule has 1 rings (SSSR count). The maximum atomic E-state index is 12.8. The quantitative estimate of drug-likeness (QED) is 0.798. The number of carbonyl (C=O) groups excluding carboxylic acids is 1. The summed E-state index contributed by atoms with van der Waals surface area (Å²) < 4.78 is 12.8. The van der Waals surface area contributed by atoms with E-state index in [1.165, 1.54) is 12.1 Å². The van der Waals surface area contributed by atoms with Crippen molar-refractivity contribution in [1.29, 1.82) is 0 Å². The smallest absolute Gasteiger partial charge is 0.231 e. The lowest BCUT2D eigenvalue weighted by molar-refractivity contribution is -0.117. The van der Waals surface area contributed by atoms with Gasteiger partial charge in [0.15, 0.2) is 0 Å². The van der Waals surface area contributed by atoms with Crippen LogP contribution in [0.25, 0.3) is 0 Å². The third-order valence-electron chi connectivity index (χ3n) is 2.39. The fourth-order valence-corrected chi connectivity index (χ4v) is 1.62. The first-order chi connectivity index (χ1) is 7.50. The van der Waals surface area contributed by atoms with E-state index in [2.05, 4.69) is 5.32 Å². The van der Waals surface area contributed by atoms with Crippen LogP contribution in [0.1, 0.15) is 25.5 Å². The SMILES string of the molecule is CC(C)[C@H](NCC(N)=O)c1ccc(F)cc1. The number of primary amides is 1. The predicted octanol–water partition coefficient (Wildman–Crippen LogP) is 1.60. The van der Waals surface area contributed by atoms with Crippen molar-refractivity contribution in [2.75, 3.05) is 6.54 Å². The molecule has 0 saturated heterocycles. The summed E-state index contributed by atoms with van der Waals surface area (Å²) in [6.45, 7) is 4.18. The molecule has 0 saturated carbocycles. The van der Waals surface area contributed by atoms with Crippen LogP contribution >= 0.6 is 0 Å². The van der Waals surface area contributed by atoms with Crippen molar-refractivity contribution in [1.82, 2.24) is 5.32 Å². The molecule has 4 heteroatoms. The van der Waals surface area contributed by atoms with Gasteiger partial charge in [-0.15, -0.1) is 0 Å². The lowest BCUT2D eigenvalue weighted by Gasteiger charge is -2.22. The second kappa shape index (κ2) is 5.61. The molecular formula is C12H17FN2O. The number of amides is 1. The van der Waals surface area contributed by atoms with Crippen molar-refractivity contribution < 1.29 is 9.18 Å². The molecule has 0 aliphatic heterocycles. The molecule has 0 radical (unpaired) electrons. The zero-order valence-electron chi connectivity index (χ0n) is 9.53. The number of nitrogens with one attached hydrogen (secondary N) is 1. The summed E-state index contributed by atoms with van der Waals surface area (Å²) in [6, 6.07) is 6.27. The minimum atomic E-state index is -0.396. The molecule has 1 aromatic rings. The summed E-state index contributed by atoms with van der Waals surface area (Å²) >= 11 is 0. The van der Waals surface area contributed by atoms with Crippen LogP contribution in [-0.4, -0.2) is 12.5 Å². The Kier molecular flexibility index (Phi) is 4.43. The molecule has 1 amide bonds. The van der Waals surface area contributed by atoms with E-state index >= 15 is 0 Å². The molecule has 3 N–H and O–H groups in total. The first kappa shape index (κ1) is 12.6. The number of rotatable bonds is 5. The van der Waals surface area contributed by atoms with Crippen molar-refractivity contribution in [3.8, 4) is 0 Å². The van der Waals surface area contributed by atoms with Gasteiger partial charge in [-0.3, -0.25) is 4.79 Å². The van der Waals surface area contributed by atoms with Gasteiger partial charge < -0.3 is 11.1 Å². The van der Waals surface area contributed by atoms with Crippen LogP contribution in [0.5, 0.6) is 0 Å². The highest BCUT2D eigenvalue weighted by molar-refractivity contribution is 5.75. The van der Waals surface area contributed by atoms with Gasteiger partial charge >= 0.3 is 0 Å². The fourth-order valence-electron chi connectivity index (χ4n) is 1.62. The van der Waals surface area contributed by atoms with Gasteiger partial charge in [-0.2, -0.15) is 0 Å². The number of hydrogen-bond acceptors (Lipinski definition) is 2. The maximum absolute atomic E-state index is 12.8. The Morgan fingerprint density at radius 2 is 1.94 bits per heavy atom. The molecular weight excluding hydrogens is 207 g/mol. The van der Waals surface area contributed by atoms with E-state index in [-0.39, 0.29) is 18.4 Å². The van der Waals surface area contributed by atoms with Crippen LogP contribution in [0, 0.1) is 11.7 Å². The normalized spacial score (nSPS) is 12.8. The van der Waals surface area contributed by atoms with Crippen molar-refractivity contribution in [3.05, 3.63) is 35.6 Å². The second-order valence-electron chi connectivity index (χ2n) is 4.12. The van der Waals surface area contributed by atoms with Crippen LogP contribution in [0.2, 0.25) is 0 Å². The van der Waals surface area contributed by atoms with Gasteiger partial charge in [0.05, 0.1) is 6.54 Å². The molecule has 1 atom stereocenters. The predicted molar refractivity (Wildman–Crippen MR) is 61.2 cm³/mol. The molecule has 0 heterocycles. The van der Waals surface area contributed by atoms with Crippen molar-refractivity contribution in [2.24, 2.45) is 11.7 Å². The van der Waals surface area contributed by atoms with E-state index in [1.807, 2.05) is 13.8 Å². The Hall–Kier alpha value is -1.42. The van der Waals surface area contributed by atoms with Gasteiger partial charge in [0.2, 0.25) is 5.91 Å². The van der Waals surface area contributed by atoms with Gasteiger partial charge in [0, 0.05) is 6.04 Å². The van der Waals surface area contributed by atoms with Crippen molar-refractivity contribution >= 4 is 5.91 Å². The molecule has 0 spiro atoms. The molecule has 0 unspecified atom stereocenters. The van der Waals surface area contributed by atoms with Crippen LogP contribution in [-0.2, 0) is 4.79 Å². The third-order valence-corrected chi connectivity index (χ3v) is 2.39. The van der Waals surface area contributed by atoms with Gasteiger partial charge in [-0.25, -0.2) is 4.39 Å². The van der Waals surface area contributed by atoms with Crippen molar-refractivity contribution in [3.63, 3.8) is 0 Å². The summed E-state index contributed by atoms with van der Waals surface area (Å²) in [4.78, 5) is 10.7. The molecule has 88 valence electrons. The minimum absolute atomic E-state index is 0.00750. The van der Waals surface area contributed by atoms with Crippen molar-refractivity contribution in [2.45, 2.75) is 19.9 Å². The minimum Gasteiger partial charge on any atom is -0.369 e. The Balaban J connectivity index is 2.77. The molecule has 0 bridgehead atoms. The van der Waals surface area contributed by atoms with E-state index in [1.54, 1.807) is 12.1 Å². The number of hydrogen-bond donors (Lipinski definition) is 2. The summed E-state index contributed by atoms with van der Waals surface area (Å²) in [5.74, 6) is -0.362. The van der Waals surface area contributed by atoms with Gasteiger partial charge in [-0.1, -0.05) is 26.0 Å². The third kappa shape index (κ3) is 3.62. The molecule has 0 aromatic heterocycles. The average molecular weight is 224 g/mol. The van der Waals surface area contributed by atoms with E-state index < -0.39 is 5.91 Å². The Labute approximate surface area is 94.8 Å². The zero-order valence-corrected chi connectivity index (χ0v) is 9.53. The zero-order chi connectivity index (χ0) is 12.1. The molecule has 1 aromatic carbocycles. The summed E-state index contributed by atoms with van der Waals surface area (Å²) in [5.41, 5.74) is 6.04. The Morgan fingerprint density at radius 1 is 1.38 bits per heavy atom.